The van der Waals surface area contributed by atoms with Gasteiger partial charge in [0.25, 0.3) is 11.4 Å². The van der Waals surface area contributed by atoms with Crippen molar-refractivity contribution in [3.8, 4) is 6.07 Å². The van der Waals surface area contributed by atoms with E-state index in [1.807, 2.05) is 6.07 Å². The summed E-state index contributed by atoms with van der Waals surface area (Å²) < 4.78 is 14.2. The number of fused-ring (bicyclic) bond motifs is 2. The molecule has 2 aromatic carbocycles. The fraction of sp³-hybridized carbons (Fsp3) is 0.429. The lowest BCUT2D eigenvalue weighted by atomic mass is 10.2. The Morgan fingerprint density at radius 1 is 0.818 bits per heavy atom. The van der Waals surface area contributed by atoms with Gasteiger partial charge in [0, 0.05) is 64.4 Å². The molecule has 44 heavy (non-hydrogen) atoms. The molecule has 16 heteroatoms. The van der Waals surface area contributed by atoms with Crippen LogP contribution in [-0.2, 0) is 22.9 Å². The number of carbonyl (C=O) groups is 1. The van der Waals surface area contributed by atoms with E-state index < -0.39 is 26.0 Å². The first-order chi connectivity index (χ1) is 20.6. The maximum Gasteiger partial charge on any atom is 0.271 e. The van der Waals surface area contributed by atoms with Crippen molar-refractivity contribution in [1.82, 2.24) is 19.6 Å². The molecule has 0 spiro atoms. The van der Waals surface area contributed by atoms with E-state index in [4.69, 9.17) is 14.7 Å². The first-order valence-electron chi connectivity index (χ1n) is 13.9. The molecule has 0 atom stereocenters. The van der Waals surface area contributed by atoms with Crippen molar-refractivity contribution in [2.45, 2.75) is 64.8 Å². The number of nitrogens with zero attached hydrogens (tertiary/aromatic N) is 7. The van der Waals surface area contributed by atoms with Crippen LogP contribution in [-0.4, -0.2) is 65.1 Å². The highest BCUT2D eigenvalue weighted by Gasteiger charge is 2.17. The van der Waals surface area contributed by atoms with Gasteiger partial charge in [-0.1, -0.05) is 39.3 Å². The van der Waals surface area contributed by atoms with Crippen LogP contribution in [0.5, 0.6) is 0 Å². The molecule has 4 rings (SSSR count). The van der Waals surface area contributed by atoms with E-state index >= 15 is 0 Å². The smallest absolute Gasteiger partial charge is 0.271 e. The van der Waals surface area contributed by atoms with Gasteiger partial charge in [-0.3, -0.25) is 25.0 Å². The van der Waals surface area contributed by atoms with Crippen LogP contribution in [0.1, 0.15) is 16.2 Å². The van der Waals surface area contributed by atoms with Gasteiger partial charge in [0.2, 0.25) is 0 Å². The lowest BCUT2D eigenvalue weighted by Gasteiger charge is -2.15. The molecule has 0 fully saturated rings. The lowest BCUT2D eigenvalue weighted by molar-refractivity contribution is -0.384. The molecule has 4 aromatic rings. The third-order valence-corrected chi connectivity index (χ3v) is 9.97. The van der Waals surface area contributed by atoms with E-state index in [9.17, 15) is 25.0 Å². The highest BCUT2D eigenvalue weighted by Crippen LogP contribution is 2.25. The Kier molecular flexibility index (Phi) is 11.2. The Hall–Kier alpha value is -4.31. The molecular weight excluding hydrogens is 603 g/mol. The third kappa shape index (κ3) is 9.35. The quantitative estimate of drug-likeness (QED) is 0.0537. The minimum absolute atomic E-state index is 0.0276. The van der Waals surface area contributed by atoms with E-state index in [2.05, 4.69) is 49.5 Å². The van der Waals surface area contributed by atoms with Crippen molar-refractivity contribution < 1.29 is 24.1 Å². The molecule has 0 bridgehead atoms. The highest BCUT2D eigenvalue weighted by molar-refractivity contribution is 6.76. The largest absolute Gasteiger partial charge is 0.360 e. The molecule has 0 aliphatic heterocycles. The molecule has 0 N–H and O–H groups in total. The molecule has 0 aliphatic carbocycles. The van der Waals surface area contributed by atoms with Crippen LogP contribution in [0.3, 0.4) is 0 Å². The van der Waals surface area contributed by atoms with E-state index in [1.165, 1.54) is 33.6 Å². The summed E-state index contributed by atoms with van der Waals surface area (Å²) in [7, 11) is -2.35. The molecule has 0 saturated carbocycles. The summed E-state index contributed by atoms with van der Waals surface area (Å²) in [4.78, 5) is 31.9. The predicted octanol–water partition coefficient (Wildman–Crippen LogP) is 6.20. The molecule has 2 heterocycles. The van der Waals surface area contributed by atoms with E-state index in [1.54, 1.807) is 12.1 Å². The first-order valence-corrected chi connectivity index (χ1v) is 21.4. The summed E-state index contributed by atoms with van der Waals surface area (Å²) in [6.07, 6.45) is 0.646. The zero-order valence-corrected chi connectivity index (χ0v) is 27.8. The second kappa shape index (κ2) is 14.4. The van der Waals surface area contributed by atoms with Gasteiger partial charge in [0.1, 0.15) is 25.2 Å². The normalized spacial score (nSPS) is 11.7. The van der Waals surface area contributed by atoms with Gasteiger partial charge in [0.15, 0.2) is 12.0 Å². The van der Waals surface area contributed by atoms with Crippen molar-refractivity contribution in [2.75, 3.05) is 13.2 Å². The lowest BCUT2D eigenvalue weighted by Crippen LogP contribution is -2.22. The summed E-state index contributed by atoms with van der Waals surface area (Å²) in [5, 5.41) is 40.4. The highest BCUT2D eigenvalue weighted by atomic mass is 28.3. The zero-order valence-electron chi connectivity index (χ0n) is 25.8. The van der Waals surface area contributed by atoms with Gasteiger partial charge in [-0.25, -0.2) is 9.36 Å². The number of nitro groups is 2. The molecule has 2 aromatic heterocycles. The van der Waals surface area contributed by atoms with Crippen LogP contribution in [0.15, 0.2) is 36.4 Å². The number of rotatable bonds is 13. The zero-order chi connectivity index (χ0) is 32.7. The Balaban J connectivity index is 0.000000240. The minimum Gasteiger partial charge on any atom is -0.360 e. The van der Waals surface area contributed by atoms with Crippen molar-refractivity contribution in [1.29, 1.82) is 5.26 Å². The van der Waals surface area contributed by atoms with Crippen molar-refractivity contribution in [3.05, 3.63) is 68.0 Å². The van der Waals surface area contributed by atoms with Crippen LogP contribution in [0.25, 0.3) is 21.8 Å². The van der Waals surface area contributed by atoms with Gasteiger partial charge >= 0.3 is 0 Å². The van der Waals surface area contributed by atoms with E-state index in [0.29, 0.717) is 41.3 Å². The number of carbonyl (C=O) groups excluding carboxylic acids is 1. The monoisotopic (exact) mass is 639 g/mol. The molecule has 0 amide bonds. The number of aldehydes is 1. The van der Waals surface area contributed by atoms with Gasteiger partial charge in [-0.05, 0) is 24.2 Å². The van der Waals surface area contributed by atoms with E-state index in [0.717, 1.165) is 12.1 Å². The number of nitro benzene ring substituents is 2. The standard InChI is InChI=1S/C14H18N4O3Si.C14H19N3O4Si/c1-22(2,3)7-6-21-10-17-14-8-11(18(19)20)4-5-12(14)13(9-15)16-17;1-22(2,3)7-6-21-10-16-14-8-11(17(19)20)4-5-12(14)13(9-18)15-16/h4-5,8H,6-7,10H2,1-3H3;4-5,8-9H,6-7,10H2,1-3H3. The fourth-order valence-electron chi connectivity index (χ4n) is 4.00. The number of ether oxygens (including phenoxy) is 2. The molecular formula is C28H37N7O7Si2. The Morgan fingerprint density at radius 2 is 1.27 bits per heavy atom. The van der Waals surface area contributed by atoms with E-state index in [-0.39, 0.29) is 36.2 Å². The Bertz CT molecular complexity index is 1700. The van der Waals surface area contributed by atoms with Gasteiger partial charge < -0.3 is 9.47 Å². The minimum atomic E-state index is -1.17. The summed E-state index contributed by atoms with van der Waals surface area (Å²) in [5.74, 6) is 0. The maximum atomic E-state index is 11.1. The van der Waals surface area contributed by atoms with Gasteiger partial charge in [-0.2, -0.15) is 15.5 Å². The SMILES string of the molecule is C[Si](C)(C)CCOCn1nc(C#N)c2ccc([N+](=O)[O-])cc21.C[Si](C)(C)CCOCn1nc(C=O)c2ccc([N+](=O)[O-])cc21. The summed E-state index contributed by atoms with van der Waals surface area (Å²) in [6.45, 7) is 15.1. The van der Waals surface area contributed by atoms with Gasteiger partial charge in [0.05, 0.1) is 20.9 Å². The number of aromatic nitrogens is 4. The number of hydrogen-bond donors (Lipinski definition) is 0. The summed E-state index contributed by atoms with van der Waals surface area (Å²) in [6, 6.07) is 12.7. The van der Waals surface area contributed by atoms with Crippen LogP contribution < -0.4 is 0 Å². The van der Waals surface area contributed by atoms with Crippen molar-refractivity contribution in [3.63, 3.8) is 0 Å². The van der Waals surface area contributed by atoms with Crippen LogP contribution >= 0.6 is 0 Å². The maximum absolute atomic E-state index is 11.1. The average Bonchev–Trinajstić information content (AvgIpc) is 3.49. The average molecular weight is 640 g/mol. The molecule has 14 nitrogen and oxygen atoms in total. The summed E-state index contributed by atoms with van der Waals surface area (Å²) >= 11 is 0. The van der Waals surface area contributed by atoms with Crippen LogP contribution in [0, 0.1) is 31.6 Å². The van der Waals surface area contributed by atoms with Crippen LogP contribution in [0.4, 0.5) is 11.4 Å². The number of benzene rings is 2. The number of hydrogen-bond acceptors (Lipinski definition) is 10. The first kappa shape index (κ1) is 34.2. The Morgan fingerprint density at radius 3 is 1.70 bits per heavy atom. The predicted molar refractivity (Wildman–Crippen MR) is 171 cm³/mol. The Labute approximate surface area is 256 Å². The molecule has 0 radical (unpaired) electrons. The van der Waals surface area contributed by atoms with Crippen molar-refractivity contribution >= 4 is 55.6 Å². The molecule has 0 aliphatic rings. The van der Waals surface area contributed by atoms with Gasteiger partial charge in [-0.15, -0.1) is 0 Å². The second-order valence-corrected chi connectivity index (χ2v) is 23.8. The fourth-order valence-corrected chi connectivity index (χ4v) is 5.52. The number of nitriles is 1. The second-order valence-electron chi connectivity index (χ2n) is 12.6. The molecule has 0 unspecified atom stereocenters. The summed E-state index contributed by atoms with van der Waals surface area (Å²) in [5.41, 5.74) is 1.52. The third-order valence-electron chi connectivity index (χ3n) is 6.56. The topological polar surface area (TPSA) is 181 Å². The van der Waals surface area contributed by atoms with Crippen molar-refractivity contribution in [2.24, 2.45) is 0 Å². The number of non-ortho nitro benzene ring substituents is 2. The molecule has 234 valence electrons. The van der Waals surface area contributed by atoms with Crippen LogP contribution in [0.2, 0.25) is 51.4 Å². The molecule has 0 saturated heterocycles.